The van der Waals surface area contributed by atoms with Gasteiger partial charge in [0.1, 0.15) is 0 Å². The molecule has 1 unspecified atom stereocenters. The molecule has 3 heteroatoms. The first-order valence-corrected chi connectivity index (χ1v) is 8.05. The molecule has 100 valence electrons. The van der Waals surface area contributed by atoms with Crippen LogP contribution in [0.2, 0.25) is 0 Å². The molecule has 1 rings (SSSR count). The maximum Gasteiger partial charge on any atom is 0.156 e. The molecule has 0 amide bonds. The minimum Gasteiger partial charge on any atom is -0.365 e. The number of nitrogens with zero attached hydrogens (tertiary/aromatic N) is 1. The van der Waals surface area contributed by atoms with E-state index in [2.05, 4.69) is 31.1 Å². The van der Waals surface area contributed by atoms with Crippen LogP contribution in [-0.2, 0) is 0 Å². The van der Waals surface area contributed by atoms with Gasteiger partial charge in [-0.1, -0.05) is 58.2 Å². The lowest BCUT2D eigenvalue weighted by Gasteiger charge is -2.07. The third-order valence-corrected chi connectivity index (χ3v) is 4.47. The van der Waals surface area contributed by atoms with Crippen molar-refractivity contribution >= 4 is 16.9 Å². The number of hydrogen-bond donors (Lipinski definition) is 1. The number of aliphatic imine (C=N–C) groups is 1. The van der Waals surface area contributed by atoms with E-state index in [1.54, 1.807) is 0 Å². The van der Waals surface area contributed by atoms with Gasteiger partial charge in [-0.15, -0.1) is 0 Å². The van der Waals surface area contributed by atoms with Gasteiger partial charge in [-0.25, -0.2) is 0 Å². The molecule has 0 bridgehead atoms. The number of hydrogen-bond acceptors (Lipinski definition) is 3. The quantitative estimate of drug-likeness (QED) is 0.662. The topological polar surface area (TPSA) is 24.4 Å². The number of rotatable bonds is 8. The average Bonchev–Trinajstić information content (AvgIpc) is 2.75. The standard InChI is InChI=1S/C14H28N2S/c1-4-13-11-16-14(17-13)15-10-8-6-5-7-9-12(2)3/h12-13H,4-11H2,1-3H3,(H,15,16). The van der Waals surface area contributed by atoms with Gasteiger partial charge < -0.3 is 5.32 Å². The Kier molecular flexibility index (Phi) is 7.74. The fraction of sp³-hybridized carbons (Fsp3) is 0.929. The predicted octanol–water partition coefficient (Wildman–Crippen LogP) is 4.06. The zero-order chi connectivity index (χ0) is 12.5. The van der Waals surface area contributed by atoms with Crippen molar-refractivity contribution in [2.24, 2.45) is 10.9 Å². The smallest absolute Gasteiger partial charge is 0.156 e. The van der Waals surface area contributed by atoms with Gasteiger partial charge in [-0.05, 0) is 18.8 Å². The summed E-state index contributed by atoms with van der Waals surface area (Å²) >= 11 is 1.92. The second kappa shape index (κ2) is 8.84. The van der Waals surface area contributed by atoms with Gasteiger partial charge >= 0.3 is 0 Å². The van der Waals surface area contributed by atoms with Crippen LogP contribution >= 0.6 is 11.8 Å². The largest absolute Gasteiger partial charge is 0.365 e. The zero-order valence-corrected chi connectivity index (χ0v) is 12.5. The zero-order valence-electron chi connectivity index (χ0n) is 11.7. The Hall–Kier alpha value is -0.180. The van der Waals surface area contributed by atoms with Crippen molar-refractivity contribution in [3.8, 4) is 0 Å². The number of unbranched alkanes of at least 4 members (excludes halogenated alkanes) is 3. The molecule has 0 spiro atoms. The van der Waals surface area contributed by atoms with Crippen LogP contribution in [0.5, 0.6) is 0 Å². The molecule has 0 aromatic carbocycles. The fourth-order valence-corrected chi connectivity index (χ4v) is 2.92. The van der Waals surface area contributed by atoms with Crippen molar-refractivity contribution in [3.05, 3.63) is 0 Å². The molecule has 0 radical (unpaired) electrons. The van der Waals surface area contributed by atoms with E-state index in [1.807, 2.05) is 11.8 Å². The molecule has 1 atom stereocenters. The van der Waals surface area contributed by atoms with Crippen LogP contribution in [-0.4, -0.2) is 23.5 Å². The van der Waals surface area contributed by atoms with Crippen LogP contribution in [0.1, 0.15) is 59.3 Å². The van der Waals surface area contributed by atoms with E-state index in [0.29, 0.717) is 0 Å². The molecule has 0 aromatic heterocycles. The first-order valence-electron chi connectivity index (χ1n) is 7.17. The molecule has 1 aliphatic heterocycles. The Morgan fingerprint density at radius 2 is 2.06 bits per heavy atom. The lowest BCUT2D eigenvalue weighted by atomic mass is 10.0. The van der Waals surface area contributed by atoms with Gasteiger partial charge in [0.2, 0.25) is 0 Å². The summed E-state index contributed by atoms with van der Waals surface area (Å²) in [6, 6.07) is 0. The van der Waals surface area contributed by atoms with Crippen molar-refractivity contribution in [2.45, 2.75) is 64.5 Å². The van der Waals surface area contributed by atoms with Crippen molar-refractivity contribution < 1.29 is 0 Å². The first kappa shape index (κ1) is 14.9. The molecule has 2 nitrogen and oxygen atoms in total. The van der Waals surface area contributed by atoms with E-state index in [4.69, 9.17) is 0 Å². The molecule has 1 heterocycles. The normalized spacial score (nSPS) is 19.8. The van der Waals surface area contributed by atoms with Gasteiger partial charge in [0.25, 0.3) is 0 Å². The molecule has 0 fully saturated rings. The minimum absolute atomic E-state index is 0.726. The van der Waals surface area contributed by atoms with Crippen molar-refractivity contribution in [2.75, 3.05) is 13.1 Å². The van der Waals surface area contributed by atoms with E-state index < -0.39 is 0 Å². The Labute approximate surface area is 111 Å². The van der Waals surface area contributed by atoms with Gasteiger partial charge in [0, 0.05) is 11.8 Å². The monoisotopic (exact) mass is 256 g/mol. The highest BCUT2D eigenvalue weighted by atomic mass is 32.2. The van der Waals surface area contributed by atoms with Gasteiger partial charge in [-0.3, -0.25) is 4.99 Å². The van der Waals surface area contributed by atoms with Gasteiger partial charge in [0.05, 0.1) is 6.54 Å². The van der Waals surface area contributed by atoms with Crippen LogP contribution in [0.4, 0.5) is 0 Å². The summed E-state index contributed by atoms with van der Waals surface area (Å²) < 4.78 is 0. The number of nitrogens with one attached hydrogen (secondary N) is 1. The summed E-state index contributed by atoms with van der Waals surface area (Å²) in [5.41, 5.74) is 0. The average molecular weight is 256 g/mol. The van der Waals surface area contributed by atoms with E-state index >= 15 is 0 Å². The summed E-state index contributed by atoms with van der Waals surface area (Å²) in [5, 5.41) is 5.36. The summed E-state index contributed by atoms with van der Waals surface area (Å²) in [5.74, 6) is 0.864. The molecule has 17 heavy (non-hydrogen) atoms. The molecule has 0 aromatic rings. The van der Waals surface area contributed by atoms with Crippen molar-refractivity contribution in [3.63, 3.8) is 0 Å². The Morgan fingerprint density at radius 3 is 2.71 bits per heavy atom. The number of amidine groups is 1. The van der Waals surface area contributed by atoms with E-state index in [9.17, 15) is 0 Å². The summed E-state index contributed by atoms with van der Waals surface area (Å²) in [7, 11) is 0. The van der Waals surface area contributed by atoms with Crippen LogP contribution in [0.15, 0.2) is 4.99 Å². The highest BCUT2D eigenvalue weighted by Gasteiger charge is 2.16. The summed E-state index contributed by atoms with van der Waals surface area (Å²) in [4.78, 5) is 4.51. The van der Waals surface area contributed by atoms with Crippen LogP contribution in [0.25, 0.3) is 0 Å². The molecule has 0 saturated heterocycles. The predicted molar refractivity (Wildman–Crippen MR) is 79.9 cm³/mol. The van der Waals surface area contributed by atoms with E-state index in [0.717, 1.165) is 24.3 Å². The van der Waals surface area contributed by atoms with Gasteiger partial charge in [-0.2, -0.15) is 0 Å². The van der Waals surface area contributed by atoms with Gasteiger partial charge in [0.15, 0.2) is 5.17 Å². The maximum absolute atomic E-state index is 4.51. The molecule has 1 N–H and O–H groups in total. The lowest BCUT2D eigenvalue weighted by molar-refractivity contribution is 0.519. The molecular weight excluding hydrogens is 228 g/mol. The second-order valence-electron chi connectivity index (χ2n) is 5.32. The van der Waals surface area contributed by atoms with Crippen LogP contribution < -0.4 is 5.32 Å². The van der Waals surface area contributed by atoms with Crippen LogP contribution in [0, 0.1) is 5.92 Å². The maximum atomic E-state index is 4.51. The Balaban J connectivity index is 1.88. The summed E-state index contributed by atoms with van der Waals surface area (Å²) in [6.07, 6.45) is 8.04. The van der Waals surface area contributed by atoms with Crippen LogP contribution in [0.3, 0.4) is 0 Å². The minimum atomic E-state index is 0.726. The first-order chi connectivity index (χ1) is 8.22. The second-order valence-corrected chi connectivity index (χ2v) is 6.61. The fourth-order valence-electron chi connectivity index (χ4n) is 1.95. The molecule has 0 aliphatic carbocycles. The molecule has 1 aliphatic rings. The SMILES string of the molecule is CCC1CN=C(NCCCCCCC(C)C)S1. The summed E-state index contributed by atoms with van der Waals surface area (Å²) in [6.45, 7) is 8.97. The molecule has 0 saturated carbocycles. The highest BCUT2D eigenvalue weighted by Crippen LogP contribution is 2.21. The van der Waals surface area contributed by atoms with Crippen molar-refractivity contribution in [1.29, 1.82) is 0 Å². The van der Waals surface area contributed by atoms with E-state index in [-0.39, 0.29) is 0 Å². The highest BCUT2D eigenvalue weighted by molar-refractivity contribution is 8.14. The van der Waals surface area contributed by atoms with Crippen molar-refractivity contribution in [1.82, 2.24) is 5.32 Å². The molecular formula is C14H28N2S. The third kappa shape index (κ3) is 6.97. The Bertz CT molecular complexity index is 226. The van der Waals surface area contributed by atoms with E-state index in [1.165, 1.54) is 43.7 Å². The number of thioether (sulfide) groups is 1. The third-order valence-electron chi connectivity index (χ3n) is 3.16. The Morgan fingerprint density at radius 1 is 1.29 bits per heavy atom. The lowest BCUT2D eigenvalue weighted by Crippen LogP contribution is -2.20.